The van der Waals surface area contributed by atoms with Crippen LogP contribution in [0.25, 0.3) is 11.4 Å². The number of alkyl halides is 3. The number of halogens is 3. The minimum atomic E-state index is -4.76. The normalized spacial score (nSPS) is 12.8. The molecule has 0 fully saturated rings. The van der Waals surface area contributed by atoms with E-state index in [2.05, 4.69) is 19.6 Å². The highest BCUT2D eigenvalue weighted by Gasteiger charge is 2.38. The minimum absolute atomic E-state index is 0.147. The summed E-state index contributed by atoms with van der Waals surface area (Å²) in [6, 6.07) is 10.4. The van der Waals surface area contributed by atoms with Gasteiger partial charge in [-0.25, -0.2) is 0 Å². The fourth-order valence-electron chi connectivity index (χ4n) is 2.44. The highest BCUT2D eigenvalue weighted by molar-refractivity contribution is 5.59. The lowest BCUT2D eigenvalue weighted by molar-refractivity contribution is -0.159. The average molecular weight is 365 g/mol. The van der Waals surface area contributed by atoms with E-state index in [1.165, 1.54) is 12.3 Å². The Bertz CT molecular complexity index is 935. The molecule has 1 atom stereocenters. The summed E-state index contributed by atoms with van der Waals surface area (Å²) in [5.74, 6) is -1.58. The summed E-state index contributed by atoms with van der Waals surface area (Å²) >= 11 is 0. The van der Waals surface area contributed by atoms with Crippen molar-refractivity contribution in [1.82, 2.24) is 15.1 Å². The first-order chi connectivity index (χ1) is 12.4. The molecule has 136 valence electrons. The van der Waals surface area contributed by atoms with E-state index in [1.54, 1.807) is 31.2 Å². The monoisotopic (exact) mass is 365 g/mol. The largest absolute Gasteiger partial charge is 0.493 e. The number of para-hydroxylation sites is 1. The molecule has 0 aliphatic carbocycles. The number of hydrogen-bond donors (Lipinski definition) is 1. The molecule has 0 bridgehead atoms. The molecule has 3 rings (SSSR count). The number of aromatic nitrogens is 3. The summed E-state index contributed by atoms with van der Waals surface area (Å²) in [5, 5.41) is 3.36. The van der Waals surface area contributed by atoms with Crippen LogP contribution in [0.15, 0.2) is 51.9 Å². The Morgan fingerprint density at radius 1 is 1.23 bits per heavy atom. The Morgan fingerprint density at radius 3 is 2.62 bits per heavy atom. The minimum Gasteiger partial charge on any atom is -0.493 e. The van der Waals surface area contributed by atoms with Gasteiger partial charge >= 0.3 is 12.1 Å². The van der Waals surface area contributed by atoms with Crippen LogP contribution in [0.3, 0.4) is 0 Å². The van der Waals surface area contributed by atoms with Crippen LogP contribution >= 0.6 is 0 Å². The number of benzene rings is 1. The van der Waals surface area contributed by atoms with Crippen molar-refractivity contribution in [2.24, 2.45) is 0 Å². The van der Waals surface area contributed by atoms with Crippen molar-refractivity contribution in [3.63, 3.8) is 0 Å². The molecule has 1 unspecified atom stereocenters. The molecule has 0 saturated carbocycles. The highest BCUT2D eigenvalue weighted by atomic mass is 19.4. The third-order valence-corrected chi connectivity index (χ3v) is 3.64. The lowest BCUT2D eigenvalue weighted by Crippen LogP contribution is -2.20. The second-order valence-electron chi connectivity index (χ2n) is 5.58. The Morgan fingerprint density at radius 2 is 1.96 bits per heavy atom. The van der Waals surface area contributed by atoms with Gasteiger partial charge in [-0.05, 0) is 18.2 Å². The molecule has 1 aromatic carbocycles. The molecule has 2 heterocycles. The summed E-state index contributed by atoms with van der Waals surface area (Å²) in [7, 11) is 0. The zero-order valence-corrected chi connectivity index (χ0v) is 13.6. The van der Waals surface area contributed by atoms with Crippen molar-refractivity contribution in [2.45, 2.75) is 19.0 Å². The molecular formula is C17H14F3N3O3. The Kier molecular flexibility index (Phi) is 4.79. The van der Waals surface area contributed by atoms with E-state index >= 15 is 0 Å². The quantitative estimate of drug-likeness (QED) is 0.747. The molecule has 0 spiro atoms. The third kappa shape index (κ3) is 3.76. The van der Waals surface area contributed by atoms with Crippen molar-refractivity contribution < 1.29 is 22.4 Å². The molecular weight excluding hydrogens is 351 g/mol. The van der Waals surface area contributed by atoms with Crippen LogP contribution in [0, 0.1) is 0 Å². The summed E-state index contributed by atoms with van der Waals surface area (Å²) in [6.07, 6.45) is -3.44. The van der Waals surface area contributed by atoms with Gasteiger partial charge in [0, 0.05) is 23.2 Å². The van der Waals surface area contributed by atoms with Crippen molar-refractivity contribution in [1.29, 1.82) is 0 Å². The van der Waals surface area contributed by atoms with Crippen LogP contribution in [0.1, 0.15) is 24.3 Å². The van der Waals surface area contributed by atoms with Gasteiger partial charge in [0.15, 0.2) is 0 Å². The van der Waals surface area contributed by atoms with Crippen LogP contribution in [0.2, 0.25) is 0 Å². The van der Waals surface area contributed by atoms with Crippen LogP contribution < -0.4 is 10.3 Å². The summed E-state index contributed by atoms with van der Waals surface area (Å²) in [6.45, 7) is 1.87. The lowest BCUT2D eigenvalue weighted by atomic mass is 9.98. The molecule has 0 saturated heterocycles. The van der Waals surface area contributed by atoms with Crippen LogP contribution in [0.5, 0.6) is 5.75 Å². The predicted molar refractivity (Wildman–Crippen MR) is 85.7 cm³/mol. The van der Waals surface area contributed by atoms with Gasteiger partial charge in [-0.2, -0.15) is 18.2 Å². The lowest BCUT2D eigenvalue weighted by Gasteiger charge is -2.15. The molecule has 0 aliphatic heterocycles. The number of ether oxygens (including phenoxy) is 1. The fraction of sp³-hybridized carbons (Fsp3) is 0.235. The molecule has 9 heteroatoms. The van der Waals surface area contributed by atoms with E-state index in [4.69, 9.17) is 4.74 Å². The maximum atomic E-state index is 12.7. The number of nitrogens with zero attached hydrogens (tertiary/aromatic N) is 2. The van der Waals surface area contributed by atoms with Gasteiger partial charge in [-0.3, -0.25) is 4.79 Å². The molecule has 1 N–H and O–H groups in total. The van der Waals surface area contributed by atoms with E-state index < -0.39 is 23.5 Å². The highest BCUT2D eigenvalue weighted by Crippen LogP contribution is 2.31. The number of hydrogen-bond acceptors (Lipinski definition) is 5. The summed E-state index contributed by atoms with van der Waals surface area (Å²) in [4.78, 5) is 18.1. The molecule has 0 radical (unpaired) electrons. The third-order valence-electron chi connectivity index (χ3n) is 3.64. The van der Waals surface area contributed by atoms with E-state index in [1.807, 2.05) is 6.07 Å². The maximum Gasteiger partial charge on any atom is 0.471 e. The molecule has 6 nitrogen and oxygen atoms in total. The van der Waals surface area contributed by atoms with Gasteiger partial charge in [-0.1, -0.05) is 30.3 Å². The van der Waals surface area contributed by atoms with E-state index in [0.717, 1.165) is 0 Å². The number of H-pyrrole nitrogens is 1. The molecule has 26 heavy (non-hydrogen) atoms. The Hall–Kier alpha value is -3.10. The summed E-state index contributed by atoms with van der Waals surface area (Å²) < 4.78 is 47.9. The van der Waals surface area contributed by atoms with Crippen LogP contribution in [-0.4, -0.2) is 21.7 Å². The zero-order valence-electron chi connectivity index (χ0n) is 13.6. The van der Waals surface area contributed by atoms with Gasteiger partial charge in [-0.15, -0.1) is 0 Å². The smallest absolute Gasteiger partial charge is 0.471 e. The van der Waals surface area contributed by atoms with Crippen molar-refractivity contribution in [3.8, 4) is 17.1 Å². The second kappa shape index (κ2) is 7.03. The molecule has 0 aliphatic rings. The first kappa shape index (κ1) is 17.7. The van der Waals surface area contributed by atoms with Crippen molar-refractivity contribution in [3.05, 3.63) is 64.4 Å². The Balaban J connectivity index is 1.90. The Labute approximate surface area is 145 Å². The van der Waals surface area contributed by atoms with Crippen LogP contribution in [0.4, 0.5) is 13.2 Å². The zero-order chi connectivity index (χ0) is 18.7. The SMILES string of the molecule is CC(COc1ccccc1)c1c(-c2noc(C(F)(F)F)n2)cc[nH]c1=O. The first-order valence-corrected chi connectivity index (χ1v) is 7.67. The summed E-state index contributed by atoms with van der Waals surface area (Å²) in [5.41, 5.74) is -0.0693. The van der Waals surface area contributed by atoms with E-state index in [-0.39, 0.29) is 23.6 Å². The second-order valence-corrected chi connectivity index (χ2v) is 5.58. The van der Waals surface area contributed by atoms with Crippen molar-refractivity contribution >= 4 is 0 Å². The van der Waals surface area contributed by atoms with Crippen LogP contribution in [-0.2, 0) is 6.18 Å². The fourth-order valence-corrected chi connectivity index (χ4v) is 2.44. The maximum absolute atomic E-state index is 12.7. The topological polar surface area (TPSA) is 81.0 Å². The number of pyridine rings is 1. The van der Waals surface area contributed by atoms with Gasteiger partial charge in [0.25, 0.3) is 5.56 Å². The molecule has 3 aromatic rings. The van der Waals surface area contributed by atoms with Gasteiger partial charge in [0.1, 0.15) is 5.75 Å². The number of nitrogens with one attached hydrogen (secondary N) is 1. The van der Waals surface area contributed by atoms with E-state index in [0.29, 0.717) is 5.75 Å². The molecule has 2 aromatic heterocycles. The standard InChI is InChI=1S/C17H14F3N3O3/c1-10(9-25-11-5-3-2-4-6-11)13-12(7-8-21-15(13)24)14-22-16(26-23-14)17(18,19)20/h2-8,10H,9H2,1H3,(H,21,24). The predicted octanol–water partition coefficient (Wildman–Crippen LogP) is 3.63. The van der Waals surface area contributed by atoms with Gasteiger partial charge in [0.2, 0.25) is 5.82 Å². The number of aromatic amines is 1. The average Bonchev–Trinajstić information content (AvgIpc) is 3.11. The van der Waals surface area contributed by atoms with Crippen molar-refractivity contribution in [2.75, 3.05) is 6.61 Å². The van der Waals surface area contributed by atoms with E-state index in [9.17, 15) is 18.0 Å². The van der Waals surface area contributed by atoms with Gasteiger partial charge < -0.3 is 14.2 Å². The first-order valence-electron chi connectivity index (χ1n) is 7.67. The molecule has 0 amide bonds. The van der Waals surface area contributed by atoms with Gasteiger partial charge in [0.05, 0.1) is 6.61 Å². The number of rotatable bonds is 5.